The van der Waals surface area contributed by atoms with Crippen molar-refractivity contribution >= 4 is 28.1 Å². The minimum atomic E-state index is -0.607. The van der Waals surface area contributed by atoms with E-state index in [0.29, 0.717) is 11.5 Å². The molecule has 3 N–H and O–H groups in total. The second kappa shape index (κ2) is 4.92. The average Bonchev–Trinajstić information content (AvgIpc) is 2.94. The van der Waals surface area contributed by atoms with Crippen molar-refractivity contribution in [1.29, 1.82) is 0 Å². The summed E-state index contributed by atoms with van der Waals surface area (Å²) in [5, 5.41) is 9.95. The fourth-order valence-electron chi connectivity index (χ4n) is 2.38. The molecule has 104 valence electrons. The zero-order valence-corrected chi connectivity index (χ0v) is 12.3. The van der Waals surface area contributed by atoms with Crippen LogP contribution in [0.4, 0.5) is 5.69 Å². The molecule has 0 aliphatic carbocycles. The summed E-state index contributed by atoms with van der Waals surface area (Å²) in [7, 11) is 0. The largest absolute Gasteiger partial charge is 0.399 e. The number of thiophene rings is 1. The molecule has 0 aliphatic rings. The molecule has 0 aliphatic heterocycles. The van der Waals surface area contributed by atoms with Gasteiger partial charge in [0.25, 0.3) is 0 Å². The van der Waals surface area contributed by atoms with Crippen LogP contribution in [0.3, 0.4) is 0 Å². The Hall–Kier alpha value is -1.85. The highest BCUT2D eigenvalue weighted by Gasteiger charge is 2.15. The molecule has 2 heterocycles. The fourth-order valence-corrected chi connectivity index (χ4v) is 3.26. The van der Waals surface area contributed by atoms with Gasteiger partial charge in [-0.25, -0.2) is 4.98 Å². The predicted molar refractivity (Wildman–Crippen MR) is 82.9 cm³/mol. The van der Waals surface area contributed by atoms with Crippen LogP contribution in [0.2, 0.25) is 0 Å². The Morgan fingerprint density at radius 2 is 2.15 bits per heavy atom. The van der Waals surface area contributed by atoms with Gasteiger partial charge >= 0.3 is 0 Å². The molecule has 0 saturated carbocycles. The lowest BCUT2D eigenvalue weighted by atomic mass is 10.3. The molecule has 2 aromatic heterocycles. The van der Waals surface area contributed by atoms with E-state index in [2.05, 4.69) is 28.6 Å². The minimum Gasteiger partial charge on any atom is -0.399 e. The number of imidazole rings is 1. The first-order chi connectivity index (χ1) is 9.54. The van der Waals surface area contributed by atoms with Gasteiger partial charge in [-0.1, -0.05) is 0 Å². The third kappa shape index (κ3) is 2.30. The summed E-state index contributed by atoms with van der Waals surface area (Å²) in [4.78, 5) is 7.05. The van der Waals surface area contributed by atoms with E-state index in [1.807, 2.05) is 18.2 Å². The smallest absolute Gasteiger partial charge is 0.138 e. The Bertz CT molecular complexity index is 758. The Labute approximate surface area is 121 Å². The van der Waals surface area contributed by atoms with Gasteiger partial charge in [0.05, 0.1) is 17.6 Å². The quantitative estimate of drug-likeness (QED) is 0.728. The van der Waals surface area contributed by atoms with Crippen LogP contribution in [-0.4, -0.2) is 14.7 Å². The van der Waals surface area contributed by atoms with E-state index in [0.717, 1.165) is 17.6 Å². The monoisotopic (exact) mass is 287 g/mol. The molecule has 1 atom stereocenters. The molecule has 0 spiro atoms. The molecule has 20 heavy (non-hydrogen) atoms. The summed E-state index contributed by atoms with van der Waals surface area (Å²) in [6.07, 6.45) is -0.607. The second-order valence-corrected chi connectivity index (χ2v) is 6.37. The van der Waals surface area contributed by atoms with Crippen molar-refractivity contribution in [3.8, 4) is 0 Å². The number of nitrogen functional groups attached to an aromatic ring is 1. The van der Waals surface area contributed by atoms with Crippen LogP contribution in [0.15, 0.2) is 30.3 Å². The van der Waals surface area contributed by atoms with E-state index >= 15 is 0 Å². The van der Waals surface area contributed by atoms with Gasteiger partial charge in [-0.05, 0) is 44.2 Å². The fraction of sp³-hybridized carbons (Fsp3) is 0.267. The van der Waals surface area contributed by atoms with E-state index < -0.39 is 6.10 Å². The number of aromatic nitrogens is 2. The van der Waals surface area contributed by atoms with E-state index in [-0.39, 0.29) is 0 Å². The van der Waals surface area contributed by atoms with Crippen LogP contribution < -0.4 is 5.73 Å². The summed E-state index contributed by atoms with van der Waals surface area (Å²) >= 11 is 1.76. The Morgan fingerprint density at radius 1 is 1.35 bits per heavy atom. The van der Waals surface area contributed by atoms with Crippen LogP contribution >= 0.6 is 11.3 Å². The van der Waals surface area contributed by atoms with Crippen LogP contribution in [0, 0.1) is 6.92 Å². The number of rotatable bonds is 3. The zero-order chi connectivity index (χ0) is 14.3. The summed E-state index contributed by atoms with van der Waals surface area (Å²) in [5.41, 5.74) is 8.32. The van der Waals surface area contributed by atoms with Crippen molar-refractivity contribution in [2.75, 3.05) is 5.73 Å². The molecular weight excluding hydrogens is 270 g/mol. The van der Waals surface area contributed by atoms with E-state index in [4.69, 9.17) is 5.73 Å². The number of hydrogen-bond donors (Lipinski definition) is 2. The lowest BCUT2D eigenvalue weighted by molar-refractivity contribution is 0.185. The lowest BCUT2D eigenvalue weighted by Gasteiger charge is -2.09. The van der Waals surface area contributed by atoms with Gasteiger partial charge in [-0.15, -0.1) is 11.3 Å². The van der Waals surface area contributed by atoms with Crippen LogP contribution in [0.25, 0.3) is 11.0 Å². The molecule has 0 saturated heterocycles. The lowest BCUT2D eigenvalue weighted by Crippen LogP contribution is -2.07. The predicted octanol–water partition coefficient (Wildman–Crippen LogP) is 3.09. The van der Waals surface area contributed by atoms with Gasteiger partial charge in [-0.2, -0.15) is 0 Å². The van der Waals surface area contributed by atoms with Gasteiger partial charge in [0, 0.05) is 15.4 Å². The maximum Gasteiger partial charge on any atom is 0.138 e. The van der Waals surface area contributed by atoms with Crippen LogP contribution in [-0.2, 0) is 6.54 Å². The van der Waals surface area contributed by atoms with Gasteiger partial charge in [0.1, 0.15) is 11.9 Å². The Morgan fingerprint density at radius 3 is 2.80 bits per heavy atom. The number of aliphatic hydroxyl groups is 1. The number of hydrogen-bond acceptors (Lipinski definition) is 4. The minimum absolute atomic E-state index is 0.607. The molecule has 5 heteroatoms. The Kier molecular flexibility index (Phi) is 3.23. The normalized spacial score (nSPS) is 12.9. The first-order valence-corrected chi connectivity index (χ1v) is 7.35. The standard InChI is InChI=1S/C15H17N3OS/c1-9-3-5-12(20-9)8-18-14-6-4-11(16)7-13(14)17-15(18)10(2)19/h3-7,10,19H,8,16H2,1-2H3. The Balaban J connectivity index is 2.13. The molecule has 0 bridgehead atoms. The molecule has 0 amide bonds. The number of fused-ring (bicyclic) bond motifs is 1. The topological polar surface area (TPSA) is 64.1 Å². The molecule has 3 rings (SSSR count). The van der Waals surface area contributed by atoms with Crippen LogP contribution in [0.1, 0.15) is 28.6 Å². The summed E-state index contributed by atoms with van der Waals surface area (Å²) < 4.78 is 2.06. The summed E-state index contributed by atoms with van der Waals surface area (Å²) in [6.45, 7) is 4.55. The number of nitrogens with zero attached hydrogens (tertiary/aromatic N) is 2. The molecule has 0 radical (unpaired) electrons. The zero-order valence-electron chi connectivity index (χ0n) is 11.5. The number of aryl methyl sites for hydroxylation is 1. The van der Waals surface area contributed by atoms with Crippen molar-refractivity contribution in [1.82, 2.24) is 9.55 Å². The summed E-state index contributed by atoms with van der Waals surface area (Å²) in [5.74, 6) is 0.677. The number of benzene rings is 1. The highest BCUT2D eigenvalue weighted by molar-refractivity contribution is 7.11. The van der Waals surface area contributed by atoms with Gasteiger partial charge < -0.3 is 15.4 Å². The molecule has 0 fully saturated rings. The van der Waals surface area contributed by atoms with Gasteiger partial charge in [0.2, 0.25) is 0 Å². The SMILES string of the molecule is Cc1ccc(Cn2c(C(C)O)nc3cc(N)ccc32)s1. The first-order valence-electron chi connectivity index (χ1n) is 6.53. The van der Waals surface area contributed by atoms with Gasteiger partial charge in [-0.3, -0.25) is 0 Å². The van der Waals surface area contributed by atoms with Crippen molar-refractivity contribution in [2.45, 2.75) is 26.5 Å². The number of anilines is 1. The van der Waals surface area contributed by atoms with Crippen molar-refractivity contribution < 1.29 is 5.11 Å². The van der Waals surface area contributed by atoms with E-state index in [1.54, 1.807) is 18.3 Å². The van der Waals surface area contributed by atoms with Gasteiger partial charge in [0.15, 0.2) is 0 Å². The van der Waals surface area contributed by atoms with Crippen molar-refractivity contribution in [2.24, 2.45) is 0 Å². The van der Waals surface area contributed by atoms with E-state index in [9.17, 15) is 5.11 Å². The first kappa shape index (κ1) is 13.1. The van der Waals surface area contributed by atoms with Crippen molar-refractivity contribution in [3.05, 3.63) is 45.9 Å². The van der Waals surface area contributed by atoms with Crippen molar-refractivity contribution in [3.63, 3.8) is 0 Å². The molecule has 1 unspecified atom stereocenters. The average molecular weight is 287 g/mol. The second-order valence-electron chi connectivity index (χ2n) is 4.99. The third-order valence-electron chi connectivity index (χ3n) is 3.29. The van der Waals surface area contributed by atoms with E-state index in [1.165, 1.54) is 9.75 Å². The third-order valence-corrected chi connectivity index (χ3v) is 4.27. The molecule has 3 aromatic rings. The highest BCUT2D eigenvalue weighted by atomic mass is 32.1. The maximum absolute atomic E-state index is 9.95. The number of nitrogens with two attached hydrogens (primary N) is 1. The maximum atomic E-state index is 9.95. The molecule has 4 nitrogen and oxygen atoms in total. The summed E-state index contributed by atoms with van der Waals surface area (Å²) in [6, 6.07) is 9.90. The molecular formula is C15H17N3OS. The van der Waals surface area contributed by atoms with Crippen LogP contribution in [0.5, 0.6) is 0 Å². The highest BCUT2D eigenvalue weighted by Crippen LogP contribution is 2.25. The number of aliphatic hydroxyl groups excluding tert-OH is 1. The molecule has 1 aromatic carbocycles.